The van der Waals surface area contributed by atoms with E-state index in [0.717, 1.165) is 12.2 Å². The molecule has 0 aromatic heterocycles. The van der Waals surface area contributed by atoms with Gasteiger partial charge < -0.3 is 21.3 Å². The Morgan fingerprint density at radius 3 is 2.55 bits per heavy atom. The number of ketones is 2. The Bertz CT molecular complexity index is 688. The molecule has 20 heavy (non-hydrogen) atoms. The number of para-hydroxylation sites is 1. The highest BCUT2D eigenvalue weighted by atomic mass is 16.3. The first-order chi connectivity index (χ1) is 9.40. The minimum absolute atomic E-state index is 0.0554. The smallest absolute Gasteiger partial charge is 0.258 e. The molecule has 0 heterocycles. The fourth-order valence-electron chi connectivity index (χ4n) is 1.62. The van der Waals surface area contributed by atoms with E-state index in [4.69, 9.17) is 5.73 Å². The van der Waals surface area contributed by atoms with Gasteiger partial charge in [-0.3, -0.25) is 14.4 Å². The number of hydrogen-bond donors (Lipinski definition) is 4. The molecule has 102 valence electrons. The summed E-state index contributed by atoms with van der Waals surface area (Å²) in [4.78, 5) is 34.7. The number of nitrogen functional groups attached to an aromatic ring is 1. The van der Waals surface area contributed by atoms with E-state index in [-0.39, 0.29) is 22.7 Å². The van der Waals surface area contributed by atoms with Gasteiger partial charge in [-0.2, -0.15) is 0 Å². The molecule has 0 atom stereocenters. The third-order valence-electron chi connectivity index (χ3n) is 2.62. The lowest BCUT2D eigenvalue weighted by Gasteiger charge is -2.12. The number of benzene rings is 1. The van der Waals surface area contributed by atoms with E-state index in [1.807, 2.05) is 0 Å². The molecule has 1 aromatic rings. The Balaban J connectivity index is 2.27. The van der Waals surface area contributed by atoms with Crippen LogP contribution in [0, 0.1) is 0 Å². The van der Waals surface area contributed by atoms with Gasteiger partial charge in [-0.05, 0) is 12.1 Å². The van der Waals surface area contributed by atoms with Crippen LogP contribution in [0.3, 0.4) is 0 Å². The molecule has 0 fully saturated rings. The van der Waals surface area contributed by atoms with Gasteiger partial charge >= 0.3 is 0 Å². The van der Waals surface area contributed by atoms with Gasteiger partial charge in [0.2, 0.25) is 5.78 Å². The van der Waals surface area contributed by atoms with Crippen LogP contribution in [0.25, 0.3) is 0 Å². The van der Waals surface area contributed by atoms with Crippen molar-refractivity contribution in [3.63, 3.8) is 0 Å². The predicted octanol–water partition coefficient (Wildman–Crippen LogP) is 0.182. The monoisotopic (exact) mass is 274 g/mol. The van der Waals surface area contributed by atoms with Crippen LogP contribution in [-0.2, 0) is 9.59 Å². The molecule has 0 bridgehead atoms. The van der Waals surface area contributed by atoms with Gasteiger partial charge in [0.1, 0.15) is 5.75 Å². The molecule has 0 spiro atoms. The summed E-state index contributed by atoms with van der Waals surface area (Å²) < 4.78 is 0. The standard InChI is InChI=1S/C13H10N2O5/c14-11-7(2-1-3-9(11)17)13(20)15-8-4-6(16)5-10(18)12(8)19/h1-5,17-18H,14H2,(H,15,20). The summed E-state index contributed by atoms with van der Waals surface area (Å²) in [7, 11) is 0. The number of carbonyl (C=O) groups excluding carboxylic acids is 3. The molecule has 0 unspecified atom stereocenters. The minimum Gasteiger partial charge on any atom is -0.506 e. The number of aliphatic hydroxyl groups is 1. The first-order valence-corrected chi connectivity index (χ1v) is 5.50. The van der Waals surface area contributed by atoms with Crippen molar-refractivity contribution in [1.82, 2.24) is 5.32 Å². The SMILES string of the molecule is Nc1c(O)cccc1C(=O)NC1=CC(=O)C=C(O)C1=O. The normalized spacial score (nSPS) is 14.6. The van der Waals surface area contributed by atoms with Crippen molar-refractivity contribution >= 4 is 23.2 Å². The fourth-order valence-corrected chi connectivity index (χ4v) is 1.62. The molecule has 2 rings (SSSR count). The summed E-state index contributed by atoms with van der Waals surface area (Å²) in [5.41, 5.74) is 4.97. The summed E-state index contributed by atoms with van der Waals surface area (Å²) in [5.74, 6) is -3.31. The van der Waals surface area contributed by atoms with Crippen molar-refractivity contribution in [1.29, 1.82) is 0 Å². The number of anilines is 1. The van der Waals surface area contributed by atoms with Crippen LogP contribution < -0.4 is 11.1 Å². The number of amides is 1. The molecule has 7 nitrogen and oxygen atoms in total. The van der Waals surface area contributed by atoms with E-state index in [1.165, 1.54) is 18.2 Å². The Hall–Kier alpha value is -3.09. The maximum absolute atomic E-state index is 11.9. The van der Waals surface area contributed by atoms with Crippen LogP contribution in [0.1, 0.15) is 10.4 Å². The molecule has 0 saturated heterocycles. The van der Waals surface area contributed by atoms with Crippen LogP contribution in [0.4, 0.5) is 5.69 Å². The number of rotatable bonds is 2. The summed E-state index contributed by atoms with van der Waals surface area (Å²) in [6.07, 6.45) is 1.64. The van der Waals surface area contributed by atoms with Gasteiger partial charge in [-0.15, -0.1) is 0 Å². The molecule has 0 radical (unpaired) electrons. The van der Waals surface area contributed by atoms with Gasteiger partial charge in [0, 0.05) is 12.2 Å². The van der Waals surface area contributed by atoms with Crippen molar-refractivity contribution < 1.29 is 24.6 Å². The molecule has 1 amide bonds. The first-order valence-electron chi connectivity index (χ1n) is 5.50. The third-order valence-corrected chi connectivity index (χ3v) is 2.62. The van der Waals surface area contributed by atoms with Crippen molar-refractivity contribution in [2.45, 2.75) is 0 Å². The quantitative estimate of drug-likeness (QED) is 0.346. The molecule has 1 aliphatic rings. The highest BCUT2D eigenvalue weighted by Crippen LogP contribution is 2.23. The number of aromatic hydroxyl groups is 1. The van der Waals surface area contributed by atoms with E-state index >= 15 is 0 Å². The summed E-state index contributed by atoms with van der Waals surface area (Å²) in [6, 6.07) is 4.05. The predicted molar refractivity (Wildman–Crippen MR) is 68.8 cm³/mol. The second-order valence-electron chi connectivity index (χ2n) is 4.01. The summed E-state index contributed by atoms with van der Waals surface area (Å²) in [6.45, 7) is 0. The largest absolute Gasteiger partial charge is 0.506 e. The molecule has 7 heteroatoms. The lowest BCUT2D eigenvalue weighted by atomic mass is 10.1. The number of carbonyl (C=O) groups is 3. The highest BCUT2D eigenvalue weighted by molar-refractivity contribution is 6.20. The number of phenolic OH excluding ortho intramolecular Hbond substituents is 1. The van der Waals surface area contributed by atoms with E-state index < -0.39 is 23.2 Å². The number of nitrogens with one attached hydrogen (secondary N) is 1. The molecule has 5 N–H and O–H groups in total. The average Bonchev–Trinajstić information content (AvgIpc) is 2.38. The van der Waals surface area contributed by atoms with Gasteiger partial charge in [-0.25, -0.2) is 0 Å². The molecule has 0 aliphatic heterocycles. The van der Waals surface area contributed by atoms with Gasteiger partial charge in [0.25, 0.3) is 5.91 Å². The molecular formula is C13H10N2O5. The van der Waals surface area contributed by atoms with Crippen LogP contribution in [0.2, 0.25) is 0 Å². The lowest BCUT2D eigenvalue weighted by Crippen LogP contribution is -2.31. The van der Waals surface area contributed by atoms with Crippen molar-refractivity contribution in [3.8, 4) is 5.75 Å². The van der Waals surface area contributed by atoms with E-state index in [9.17, 15) is 24.6 Å². The topological polar surface area (TPSA) is 130 Å². The highest BCUT2D eigenvalue weighted by Gasteiger charge is 2.24. The average molecular weight is 274 g/mol. The Morgan fingerprint density at radius 2 is 1.85 bits per heavy atom. The number of Topliss-reactive ketones (excluding diaryl/α,β-unsaturated/α-hetero) is 1. The Kier molecular flexibility index (Phi) is 3.26. The second kappa shape index (κ2) is 4.88. The number of aliphatic hydroxyl groups excluding tert-OH is 1. The van der Waals surface area contributed by atoms with Crippen LogP contribution in [0.5, 0.6) is 5.75 Å². The van der Waals surface area contributed by atoms with Crippen molar-refractivity contribution in [3.05, 3.63) is 47.4 Å². The van der Waals surface area contributed by atoms with Crippen LogP contribution in [-0.4, -0.2) is 27.7 Å². The van der Waals surface area contributed by atoms with Crippen LogP contribution in [0.15, 0.2) is 41.8 Å². The molecule has 1 aromatic carbocycles. The van der Waals surface area contributed by atoms with Crippen molar-refractivity contribution in [2.24, 2.45) is 0 Å². The van der Waals surface area contributed by atoms with E-state index in [0.29, 0.717) is 0 Å². The maximum atomic E-state index is 11.9. The van der Waals surface area contributed by atoms with E-state index in [2.05, 4.69) is 5.32 Å². The molecule has 1 aliphatic carbocycles. The second-order valence-corrected chi connectivity index (χ2v) is 4.01. The number of nitrogens with two attached hydrogens (primary N) is 1. The first kappa shape index (κ1) is 13.3. The Labute approximate surface area is 113 Å². The molecular weight excluding hydrogens is 264 g/mol. The summed E-state index contributed by atoms with van der Waals surface area (Å²) >= 11 is 0. The lowest BCUT2D eigenvalue weighted by molar-refractivity contribution is -0.117. The molecule has 0 saturated carbocycles. The minimum atomic E-state index is -0.878. The zero-order valence-corrected chi connectivity index (χ0v) is 10.1. The third kappa shape index (κ3) is 2.37. The van der Waals surface area contributed by atoms with Gasteiger partial charge in [-0.1, -0.05) is 6.07 Å². The van der Waals surface area contributed by atoms with Crippen molar-refractivity contribution in [2.75, 3.05) is 5.73 Å². The van der Waals surface area contributed by atoms with Gasteiger partial charge in [0.05, 0.1) is 16.9 Å². The fraction of sp³-hybridized carbons (Fsp3) is 0. The number of hydrogen-bond acceptors (Lipinski definition) is 6. The number of phenols is 1. The van der Waals surface area contributed by atoms with E-state index in [1.54, 1.807) is 0 Å². The van der Waals surface area contributed by atoms with Gasteiger partial charge in [0.15, 0.2) is 11.5 Å². The zero-order chi connectivity index (χ0) is 14.9. The summed E-state index contributed by atoms with van der Waals surface area (Å²) in [5, 5.41) is 20.8. The Morgan fingerprint density at radius 1 is 1.15 bits per heavy atom. The zero-order valence-electron chi connectivity index (χ0n) is 10.1. The van der Waals surface area contributed by atoms with Crippen LogP contribution >= 0.6 is 0 Å². The number of allylic oxidation sites excluding steroid dienone is 2. The maximum Gasteiger partial charge on any atom is 0.258 e.